The number of rotatable bonds is 18. The van der Waals surface area contributed by atoms with Crippen LogP contribution in [0.3, 0.4) is 0 Å². The minimum absolute atomic E-state index is 0.00413. The van der Waals surface area contributed by atoms with Crippen molar-refractivity contribution in [2.45, 2.75) is 77.1 Å². The van der Waals surface area contributed by atoms with Crippen LogP contribution < -0.4 is 11.0 Å². The van der Waals surface area contributed by atoms with Gasteiger partial charge in [-0.1, -0.05) is 86.9 Å². The molecule has 4 rings (SSSR count). The van der Waals surface area contributed by atoms with E-state index >= 15 is 0 Å². The lowest BCUT2D eigenvalue weighted by molar-refractivity contribution is -0.127. The second-order valence-corrected chi connectivity index (χ2v) is 15.5. The molecule has 4 aromatic rings. The third-order valence-electron chi connectivity index (χ3n) is 9.10. The molecular formula is C38H49N7O7S. The molecule has 2 heterocycles. The van der Waals surface area contributed by atoms with Gasteiger partial charge < -0.3 is 20.8 Å². The smallest absolute Gasteiger partial charge is 0.329 e. The molecule has 15 heteroatoms. The number of hydrogen-bond donors (Lipinski definition) is 4. The first-order valence-corrected chi connectivity index (χ1v) is 18.9. The van der Waals surface area contributed by atoms with Crippen LogP contribution >= 0.6 is 0 Å². The van der Waals surface area contributed by atoms with Gasteiger partial charge in [-0.25, -0.2) is 13.2 Å². The number of nitrogens with zero attached hydrogens (tertiary/aromatic N) is 6. The molecule has 0 saturated heterocycles. The average molecular weight is 748 g/mol. The van der Waals surface area contributed by atoms with Crippen LogP contribution in [0.15, 0.2) is 105 Å². The Morgan fingerprint density at radius 1 is 1.00 bits per heavy atom. The predicted molar refractivity (Wildman–Crippen MR) is 202 cm³/mol. The van der Waals surface area contributed by atoms with Gasteiger partial charge >= 0.3 is 5.69 Å². The molecule has 4 atom stereocenters. The van der Waals surface area contributed by atoms with Gasteiger partial charge in [0, 0.05) is 31.7 Å². The Morgan fingerprint density at radius 3 is 2.32 bits per heavy atom. The number of hydrogen-bond acceptors (Lipinski definition) is 10. The molecule has 0 spiro atoms. The Kier molecular flexibility index (Phi) is 14.2. The molecule has 0 aliphatic carbocycles. The Hall–Kier alpha value is -5.12. The highest BCUT2D eigenvalue weighted by atomic mass is 32.2. The van der Waals surface area contributed by atoms with Crippen molar-refractivity contribution in [3.63, 3.8) is 0 Å². The van der Waals surface area contributed by atoms with Crippen molar-refractivity contribution >= 4 is 27.9 Å². The Labute approximate surface area is 310 Å². The van der Waals surface area contributed by atoms with Gasteiger partial charge in [0.05, 0.1) is 35.5 Å². The molecule has 4 N–H and O–H groups in total. The van der Waals surface area contributed by atoms with Crippen molar-refractivity contribution in [3.05, 3.63) is 118 Å². The van der Waals surface area contributed by atoms with Crippen molar-refractivity contribution in [1.82, 2.24) is 23.7 Å². The summed E-state index contributed by atoms with van der Waals surface area (Å²) >= 11 is 0. The molecule has 2 aromatic carbocycles. The largest absolute Gasteiger partial charge is 0.411 e. The summed E-state index contributed by atoms with van der Waals surface area (Å²) in [5.74, 6) is -0.860. The summed E-state index contributed by atoms with van der Waals surface area (Å²) < 4.78 is 31.9. The van der Waals surface area contributed by atoms with Gasteiger partial charge in [-0.05, 0) is 66.1 Å². The van der Waals surface area contributed by atoms with E-state index in [-0.39, 0.29) is 42.8 Å². The first-order chi connectivity index (χ1) is 25.3. The average Bonchev–Trinajstić information content (AvgIpc) is 3.49. The van der Waals surface area contributed by atoms with E-state index in [0.717, 1.165) is 11.1 Å². The topological polar surface area (TPSA) is 192 Å². The highest BCUT2D eigenvalue weighted by Gasteiger charge is 2.34. The van der Waals surface area contributed by atoms with Crippen molar-refractivity contribution in [1.29, 1.82) is 0 Å². The maximum atomic E-state index is 14.3. The van der Waals surface area contributed by atoms with Crippen LogP contribution in [0.25, 0.3) is 0 Å². The molecule has 284 valence electrons. The van der Waals surface area contributed by atoms with E-state index in [2.05, 4.69) is 20.6 Å². The number of benzene rings is 2. The lowest BCUT2D eigenvalue weighted by Crippen LogP contribution is -2.53. The summed E-state index contributed by atoms with van der Waals surface area (Å²) in [6, 6.07) is 16.7. The molecule has 0 unspecified atom stereocenters. The van der Waals surface area contributed by atoms with Crippen molar-refractivity contribution in [2.24, 2.45) is 22.1 Å². The third-order valence-corrected chi connectivity index (χ3v) is 10.9. The summed E-state index contributed by atoms with van der Waals surface area (Å²) in [6.07, 6.45) is 5.35. The van der Waals surface area contributed by atoms with E-state index in [1.165, 1.54) is 43.9 Å². The molecule has 53 heavy (non-hydrogen) atoms. The number of nitrogens with one attached hydrogen (secondary N) is 1. The molecular weight excluding hydrogens is 699 g/mol. The summed E-state index contributed by atoms with van der Waals surface area (Å²) in [7, 11) is -4.09. The number of carbonyl (C=O) groups is 1. The monoisotopic (exact) mass is 747 g/mol. The highest BCUT2D eigenvalue weighted by molar-refractivity contribution is 7.89. The van der Waals surface area contributed by atoms with Gasteiger partial charge in [-0.15, -0.1) is 0 Å². The van der Waals surface area contributed by atoms with E-state index in [9.17, 15) is 23.1 Å². The van der Waals surface area contributed by atoms with E-state index in [0.29, 0.717) is 23.4 Å². The molecule has 0 bridgehead atoms. The van der Waals surface area contributed by atoms with Crippen LogP contribution in [0.4, 0.5) is 0 Å². The number of pyridine rings is 1. The molecule has 0 saturated carbocycles. The Balaban J connectivity index is 1.65. The number of aliphatic hydroxyl groups is 1. The number of amides is 1. The Bertz CT molecular complexity index is 2030. The molecule has 14 nitrogen and oxygen atoms in total. The van der Waals surface area contributed by atoms with E-state index in [4.69, 9.17) is 10.4 Å². The van der Waals surface area contributed by atoms with Gasteiger partial charge in [0.2, 0.25) is 15.9 Å². The molecule has 0 aliphatic rings. The fourth-order valence-electron chi connectivity index (χ4n) is 6.04. The van der Waals surface area contributed by atoms with Crippen LogP contribution in [0, 0.1) is 11.8 Å². The van der Waals surface area contributed by atoms with Crippen LogP contribution in [0.5, 0.6) is 0 Å². The number of sulfonamides is 1. The molecule has 0 fully saturated rings. The zero-order valence-electron chi connectivity index (χ0n) is 30.6. The van der Waals surface area contributed by atoms with Gasteiger partial charge in [0.25, 0.3) is 0 Å². The van der Waals surface area contributed by atoms with Crippen molar-refractivity contribution in [2.75, 3.05) is 13.1 Å². The number of carbonyl (C=O) groups excluding carboxylic acids is 1. The van der Waals surface area contributed by atoms with Crippen LogP contribution in [-0.2, 0) is 27.8 Å². The molecule has 0 radical (unpaired) electrons. The minimum Gasteiger partial charge on any atom is -0.411 e. The zero-order valence-corrected chi connectivity index (χ0v) is 31.5. The Morgan fingerprint density at radius 2 is 1.70 bits per heavy atom. The number of imidazole rings is 1. The fourth-order valence-corrected chi connectivity index (χ4v) is 7.66. The van der Waals surface area contributed by atoms with Crippen molar-refractivity contribution in [3.8, 4) is 0 Å². The number of oxime groups is 2. The summed E-state index contributed by atoms with van der Waals surface area (Å²) in [4.78, 5) is 32.3. The quantitative estimate of drug-likeness (QED) is 0.0664. The van der Waals surface area contributed by atoms with E-state index in [1.807, 2.05) is 58.0 Å². The lowest BCUT2D eigenvalue weighted by Gasteiger charge is -2.32. The summed E-state index contributed by atoms with van der Waals surface area (Å²) in [5.41, 5.74) is 2.44. The maximum Gasteiger partial charge on any atom is 0.329 e. The summed E-state index contributed by atoms with van der Waals surface area (Å²) in [5, 5.41) is 39.0. The molecule has 1 amide bonds. The second-order valence-electron chi connectivity index (χ2n) is 13.6. The van der Waals surface area contributed by atoms with Crippen LogP contribution in [0.1, 0.15) is 69.5 Å². The standard InChI is InChI=1S/C38H49N7O7S/c1-6-27(4)36(45-19-18-43(38(45)48)24-31-16-17-39-33(21-31)28(5)42-50)37(47)41-34(20-29-10-8-7-9-11-29)35(46)25-44(23-26(2)3)53(51,52)32-14-12-30(13-15-32)22-40-49/h7-19,21-22,26-27,34-36,46,49-50H,6,20,23-25H2,1-5H3,(H,41,47)/t27-,34-,35+,36-/m0/s1. The zero-order chi connectivity index (χ0) is 38.7. The SMILES string of the molecule is CC[C@H](C)[C@@H](C(=O)N[C@@H](Cc1ccccc1)[C@H](O)CN(CC(C)C)S(=O)(=O)c1ccc(C=NO)cc1)n1ccn(Cc2ccnc(C(C)=NO)c2)c1=O. The van der Waals surface area contributed by atoms with Gasteiger partial charge in [-0.2, -0.15) is 4.31 Å². The fraction of sp³-hybridized carbons (Fsp3) is 0.395. The van der Waals surface area contributed by atoms with Crippen LogP contribution in [-0.4, -0.2) is 85.4 Å². The van der Waals surface area contributed by atoms with Gasteiger partial charge in [0.1, 0.15) is 11.8 Å². The van der Waals surface area contributed by atoms with Crippen LogP contribution in [0.2, 0.25) is 0 Å². The number of aromatic nitrogens is 3. The predicted octanol–water partition coefficient (Wildman–Crippen LogP) is 4.12. The van der Waals surface area contributed by atoms with Gasteiger partial charge in [-0.3, -0.25) is 18.9 Å². The highest BCUT2D eigenvalue weighted by Crippen LogP contribution is 2.23. The molecule has 2 aromatic heterocycles. The second kappa shape index (κ2) is 18.6. The summed E-state index contributed by atoms with van der Waals surface area (Å²) in [6.45, 7) is 9.13. The molecule has 0 aliphatic heterocycles. The normalized spacial score (nSPS) is 14.8. The first-order valence-electron chi connectivity index (χ1n) is 17.5. The van der Waals surface area contributed by atoms with E-state index < -0.39 is 39.8 Å². The first kappa shape index (κ1) is 40.6. The van der Waals surface area contributed by atoms with E-state index in [1.54, 1.807) is 37.6 Å². The lowest BCUT2D eigenvalue weighted by atomic mass is 9.96. The third kappa shape index (κ3) is 10.5. The van der Waals surface area contributed by atoms with Crippen molar-refractivity contribution < 1.29 is 28.7 Å². The minimum atomic E-state index is -4.09. The van der Waals surface area contributed by atoms with Gasteiger partial charge in [0.15, 0.2) is 0 Å². The number of aliphatic hydroxyl groups excluding tert-OH is 1. The maximum absolute atomic E-state index is 14.3.